The van der Waals surface area contributed by atoms with Gasteiger partial charge in [0.05, 0.1) is 11.1 Å². The van der Waals surface area contributed by atoms with Crippen LogP contribution in [-0.4, -0.2) is 10.1 Å². The lowest BCUT2D eigenvalue weighted by Crippen LogP contribution is -1.96. The van der Waals surface area contributed by atoms with Crippen LogP contribution in [0.2, 0.25) is 5.02 Å². The number of aliphatic hydroxyl groups is 1. The quantitative estimate of drug-likeness (QED) is 0.785. The Labute approximate surface area is 77.2 Å². The number of halogens is 1. The molecule has 3 heteroatoms. The van der Waals surface area contributed by atoms with Crippen LogP contribution in [0.1, 0.15) is 31.4 Å². The van der Waals surface area contributed by atoms with Gasteiger partial charge in [0.1, 0.15) is 0 Å². The van der Waals surface area contributed by atoms with Crippen molar-refractivity contribution in [1.82, 2.24) is 4.98 Å². The van der Waals surface area contributed by atoms with Gasteiger partial charge in [0.2, 0.25) is 0 Å². The van der Waals surface area contributed by atoms with E-state index < -0.39 is 6.10 Å². The zero-order valence-electron chi connectivity index (χ0n) is 7.00. The van der Waals surface area contributed by atoms with Crippen molar-refractivity contribution in [2.75, 3.05) is 0 Å². The molecule has 0 radical (unpaired) electrons. The summed E-state index contributed by atoms with van der Waals surface area (Å²) in [6, 6.07) is 1.74. The van der Waals surface area contributed by atoms with Gasteiger partial charge in [-0.05, 0) is 12.5 Å². The van der Waals surface area contributed by atoms with E-state index in [1.165, 1.54) is 0 Å². The average Bonchev–Trinajstić information content (AvgIpc) is 2.05. The van der Waals surface area contributed by atoms with Crippen LogP contribution in [0.15, 0.2) is 18.5 Å². The van der Waals surface area contributed by atoms with E-state index >= 15 is 0 Å². The highest BCUT2D eigenvalue weighted by Gasteiger charge is 2.06. The Hall–Kier alpha value is -0.600. The van der Waals surface area contributed by atoms with Crippen molar-refractivity contribution in [2.24, 2.45) is 0 Å². The highest BCUT2D eigenvalue weighted by Crippen LogP contribution is 2.19. The molecule has 0 fully saturated rings. The molecule has 0 aliphatic heterocycles. The standard InChI is InChI=1S/C9H12ClNO/c1-2-3-9(12)7-4-8(10)6-11-5-7/h4-6,9,12H,2-3H2,1H3. The van der Waals surface area contributed by atoms with Crippen LogP contribution in [-0.2, 0) is 0 Å². The molecule has 0 bridgehead atoms. The smallest absolute Gasteiger partial charge is 0.0805 e. The maximum Gasteiger partial charge on any atom is 0.0805 e. The lowest BCUT2D eigenvalue weighted by molar-refractivity contribution is 0.166. The molecule has 1 atom stereocenters. The van der Waals surface area contributed by atoms with Crippen LogP contribution in [0.25, 0.3) is 0 Å². The first-order valence-electron chi connectivity index (χ1n) is 4.02. The number of aliphatic hydroxyl groups excluding tert-OH is 1. The van der Waals surface area contributed by atoms with Gasteiger partial charge in [-0.1, -0.05) is 24.9 Å². The molecule has 1 heterocycles. The van der Waals surface area contributed by atoms with E-state index in [9.17, 15) is 5.11 Å². The van der Waals surface area contributed by atoms with E-state index in [1.54, 1.807) is 18.5 Å². The summed E-state index contributed by atoms with van der Waals surface area (Å²) in [4.78, 5) is 3.90. The Bertz CT molecular complexity index is 252. The summed E-state index contributed by atoms with van der Waals surface area (Å²) in [6.07, 6.45) is 4.48. The van der Waals surface area contributed by atoms with Crippen molar-refractivity contribution in [1.29, 1.82) is 0 Å². The molecule has 0 saturated heterocycles. The van der Waals surface area contributed by atoms with Crippen molar-refractivity contribution in [3.8, 4) is 0 Å². The third kappa shape index (κ3) is 2.47. The first-order chi connectivity index (χ1) is 5.74. The Morgan fingerprint density at radius 2 is 2.33 bits per heavy atom. The van der Waals surface area contributed by atoms with Gasteiger partial charge in [-0.3, -0.25) is 4.98 Å². The zero-order valence-corrected chi connectivity index (χ0v) is 7.75. The molecule has 0 amide bonds. The summed E-state index contributed by atoms with van der Waals surface area (Å²) in [5.74, 6) is 0. The molecular formula is C9H12ClNO. The number of rotatable bonds is 3. The highest BCUT2D eigenvalue weighted by molar-refractivity contribution is 6.30. The lowest BCUT2D eigenvalue weighted by Gasteiger charge is -2.08. The second-order valence-electron chi connectivity index (χ2n) is 2.74. The maximum absolute atomic E-state index is 9.55. The Morgan fingerprint density at radius 3 is 2.92 bits per heavy atom. The molecule has 66 valence electrons. The minimum atomic E-state index is -0.429. The van der Waals surface area contributed by atoms with Crippen LogP contribution in [0.4, 0.5) is 0 Å². The first kappa shape index (κ1) is 9.49. The SMILES string of the molecule is CCCC(O)c1cncc(Cl)c1. The fourth-order valence-corrected chi connectivity index (χ4v) is 1.23. The topological polar surface area (TPSA) is 33.1 Å². The third-order valence-corrected chi connectivity index (χ3v) is 1.88. The van der Waals surface area contributed by atoms with Gasteiger partial charge in [0, 0.05) is 18.0 Å². The minimum absolute atomic E-state index is 0.429. The van der Waals surface area contributed by atoms with Crippen LogP contribution in [0.5, 0.6) is 0 Å². The van der Waals surface area contributed by atoms with Gasteiger partial charge in [0.15, 0.2) is 0 Å². The summed E-state index contributed by atoms with van der Waals surface area (Å²) in [6.45, 7) is 2.03. The second kappa shape index (κ2) is 4.43. The fourth-order valence-electron chi connectivity index (χ4n) is 1.05. The van der Waals surface area contributed by atoms with Crippen LogP contribution in [0, 0.1) is 0 Å². The van der Waals surface area contributed by atoms with Gasteiger partial charge >= 0.3 is 0 Å². The number of hydrogen-bond donors (Lipinski definition) is 1. The molecule has 0 saturated carbocycles. The third-order valence-electron chi connectivity index (χ3n) is 1.67. The van der Waals surface area contributed by atoms with Crippen LogP contribution in [0.3, 0.4) is 0 Å². The largest absolute Gasteiger partial charge is 0.388 e. The molecule has 1 aromatic rings. The highest BCUT2D eigenvalue weighted by atomic mass is 35.5. The van der Waals surface area contributed by atoms with E-state index in [0.29, 0.717) is 5.02 Å². The van der Waals surface area contributed by atoms with E-state index in [1.807, 2.05) is 6.92 Å². The summed E-state index contributed by atoms with van der Waals surface area (Å²) in [5, 5.41) is 10.1. The molecule has 1 aromatic heterocycles. The van der Waals surface area contributed by atoms with E-state index in [4.69, 9.17) is 11.6 Å². The summed E-state index contributed by atoms with van der Waals surface area (Å²) >= 11 is 5.72. The van der Waals surface area contributed by atoms with Gasteiger partial charge in [-0.2, -0.15) is 0 Å². The summed E-state index contributed by atoms with van der Waals surface area (Å²) in [7, 11) is 0. The molecular weight excluding hydrogens is 174 g/mol. The lowest BCUT2D eigenvalue weighted by atomic mass is 10.1. The van der Waals surface area contributed by atoms with E-state index in [0.717, 1.165) is 18.4 Å². The molecule has 12 heavy (non-hydrogen) atoms. The normalized spacial score (nSPS) is 12.9. The Morgan fingerprint density at radius 1 is 1.58 bits per heavy atom. The zero-order chi connectivity index (χ0) is 8.97. The molecule has 1 N–H and O–H groups in total. The summed E-state index contributed by atoms with van der Waals surface area (Å²) in [5.41, 5.74) is 0.796. The Kier molecular flexibility index (Phi) is 3.50. The van der Waals surface area contributed by atoms with Crippen molar-refractivity contribution >= 4 is 11.6 Å². The van der Waals surface area contributed by atoms with Crippen molar-refractivity contribution in [3.63, 3.8) is 0 Å². The molecule has 1 unspecified atom stereocenters. The molecule has 0 aliphatic carbocycles. The van der Waals surface area contributed by atoms with Crippen LogP contribution < -0.4 is 0 Å². The fraction of sp³-hybridized carbons (Fsp3) is 0.444. The molecule has 0 aromatic carbocycles. The van der Waals surface area contributed by atoms with Crippen molar-refractivity contribution in [2.45, 2.75) is 25.9 Å². The molecule has 0 aliphatic rings. The molecule has 2 nitrogen and oxygen atoms in total. The van der Waals surface area contributed by atoms with E-state index in [2.05, 4.69) is 4.98 Å². The number of hydrogen-bond acceptors (Lipinski definition) is 2. The van der Waals surface area contributed by atoms with Gasteiger partial charge in [-0.15, -0.1) is 0 Å². The molecule has 0 spiro atoms. The van der Waals surface area contributed by atoms with Crippen molar-refractivity contribution in [3.05, 3.63) is 29.0 Å². The molecule has 1 rings (SSSR count). The van der Waals surface area contributed by atoms with Crippen molar-refractivity contribution < 1.29 is 5.11 Å². The summed E-state index contributed by atoms with van der Waals surface area (Å²) < 4.78 is 0. The van der Waals surface area contributed by atoms with Gasteiger partial charge in [0.25, 0.3) is 0 Å². The first-order valence-corrected chi connectivity index (χ1v) is 4.40. The number of aromatic nitrogens is 1. The van der Waals surface area contributed by atoms with E-state index in [-0.39, 0.29) is 0 Å². The van der Waals surface area contributed by atoms with Crippen LogP contribution >= 0.6 is 11.6 Å². The number of nitrogens with zero attached hydrogens (tertiary/aromatic N) is 1. The maximum atomic E-state index is 9.55. The average molecular weight is 186 g/mol. The van der Waals surface area contributed by atoms with Gasteiger partial charge in [-0.25, -0.2) is 0 Å². The Balaban J connectivity index is 2.73. The predicted octanol–water partition coefficient (Wildman–Crippen LogP) is 2.57. The second-order valence-corrected chi connectivity index (χ2v) is 3.18. The van der Waals surface area contributed by atoms with Gasteiger partial charge < -0.3 is 5.11 Å². The minimum Gasteiger partial charge on any atom is -0.388 e. The predicted molar refractivity (Wildman–Crippen MR) is 49.1 cm³/mol. The number of pyridine rings is 1. The monoisotopic (exact) mass is 185 g/mol.